The van der Waals surface area contributed by atoms with E-state index in [-0.39, 0.29) is 5.75 Å². The van der Waals surface area contributed by atoms with Crippen LogP contribution in [0.2, 0.25) is 5.02 Å². The van der Waals surface area contributed by atoms with Crippen LogP contribution < -0.4 is 5.32 Å². The van der Waals surface area contributed by atoms with Gasteiger partial charge in [-0.05, 0) is 30.9 Å². The van der Waals surface area contributed by atoms with Crippen LogP contribution in [0, 0.1) is 11.8 Å². The molecule has 2 atom stereocenters. The molecule has 2 N–H and O–H groups in total. The molecule has 0 aromatic heterocycles. The zero-order chi connectivity index (χ0) is 13.0. The Kier molecular flexibility index (Phi) is 4.90. The van der Waals surface area contributed by atoms with Crippen molar-refractivity contribution in [1.82, 2.24) is 5.32 Å². The molecule has 3 heteroatoms. The van der Waals surface area contributed by atoms with Gasteiger partial charge in [-0.15, -0.1) is 0 Å². The van der Waals surface area contributed by atoms with Gasteiger partial charge in [0, 0.05) is 12.1 Å². The summed E-state index contributed by atoms with van der Waals surface area (Å²) in [7, 11) is 0. The van der Waals surface area contributed by atoms with Crippen LogP contribution in [0.3, 0.4) is 0 Å². The maximum Gasteiger partial charge on any atom is 0.138 e. The lowest BCUT2D eigenvalue weighted by atomic mass is 9.80. The molecule has 18 heavy (non-hydrogen) atoms. The highest BCUT2D eigenvalue weighted by Crippen LogP contribution is 2.29. The van der Waals surface area contributed by atoms with E-state index in [1.807, 2.05) is 12.1 Å². The Labute approximate surface area is 114 Å². The van der Waals surface area contributed by atoms with E-state index in [0.29, 0.717) is 11.6 Å². The van der Waals surface area contributed by atoms with Gasteiger partial charge in [0.15, 0.2) is 0 Å². The van der Waals surface area contributed by atoms with E-state index in [2.05, 4.69) is 12.2 Å². The summed E-state index contributed by atoms with van der Waals surface area (Å²) in [5, 5.41) is 13.7. The Morgan fingerprint density at radius 1 is 1.33 bits per heavy atom. The molecule has 1 aromatic rings. The lowest BCUT2D eigenvalue weighted by Gasteiger charge is -2.29. The number of hydrogen-bond donors (Lipinski definition) is 2. The molecule has 100 valence electrons. The molecule has 1 aromatic carbocycles. The largest absolute Gasteiger partial charge is 0.506 e. The summed E-state index contributed by atoms with van der Waals surface area (Å²) in [5.41, 5.74) is 0.881. The Hall–Kier alpha value is -0.730. The van der Waals surface area contributed by atoms with Gasteiger partial charge in [-0.2, -0.15) is 0 Å². The quantitative estimate of drug-likeness (QED) is 0.865. The Morgan fingerprint density at radius 2 is 2.11 bits per heavy atom. The van der Waals surface area contributed by atoms with Crippen molar-refractivity contribution < 1.29 is 5.11 Å². The Morgan fingerprint density at radius 3 is 2.89 bits per heavy atom. The second kappa shape index (κ2) is 6.44. The molecule has 1 aliphatic rings. The fourth-order valence-electron chi connectivity index (χ4n) is 2.79. The maximum atomic E-state index is 9.81. The zero-order valence-electron chi connectivity index (χ0n) is 11.0. The van der Waals surface area contributed by atoms with E-state index in [4.69, 9.17) is 11.6 Å². The van der Waals surface area contributed by atoms with E-state index in [1.54, 1.807) is 6.07 Å². The van der Waals surface area contributed by atoms with Gasteiger partial charge in [0.25, 0.3) is 0 Å². The van der Waals surface area contributed by atoms with Crippen LogP contribution in [0.25, 0.3) is 0 Å². The van der Waals surface area contributed by atoms with E-state index in [1.165, 1.54) is 25.7 Å². The van der Waals surface area contributed by atoms with E-state index < -0.39 is 0 Å². The average molecular weight is 268 g/mol. The summed E-state index contributed by atoms with van der Waals surface area (Å²) in [5.74, 6) is 1.81. The van der Waals surface area contributed by atoms with Crippen LogP contribution in [0.1, 0.15) is 38.2 Å². The number of rotatable bonds is 4. The first-order valence-corrected chi connectivity index (χ1v) is 7.23. The van der Waals surface area contributed by atoms with Crippen molar-refractivity contribution >= 4 is 11.6 Å². The first-order valence-electron chi connectivity index (χ1n) is 6.85. The molecule has 2 nitrogen and oxygen atoms in total. The number of benzene rings is 1. The van der Waals surface area contributed by atoms with E-state index >= 15 is 0 Å². The van der Waals surface area contributed by atoms with Crippen LogP contribution in [0.15, 0.2) is 18.2 Å². The molecule has 1 fully saturated rings. The van der Waals surface area contributed by atoms with Gasteiger partial charge in [0.2, 0.25) is 0 Å². The number of aromatic hydroxyl groups is 1. The third-order valence-corrected chi connectivity index (χ3v) is 4.39. The van der Waals surface area contributed by atoms with Gasteiger partial charge in [0.05, 0.1) is 5.02 Å². The molecular weight excluding hydrogens is 246 g/mol. The Bertz CT molecular complexity index is 394. The van der Waals surface area contributed by atoms with Crippen molar-refractivity contribution in [1.29, 1.82) is 0 Å². The van der Waals surface area contributed by atoms with Gasteiger partial charge in [-0.1, -0.05) is 49.9 Å². The summed E-state index contributed by atoms with van der Waals surface area (Å²) >= 11 is 5.89. The minimum absolute atomic E-state index is 0.211. The summed E-state index contributed by atoms with van der Waals surface area (Å²) in [6, 6.07) is 5.50. The van der Waals surface area contributed by atoms with Crippen LogP contribution in [-0.2, 0) is 6.54 Å². The monoisotopic (exact) mass is 267 g/mol. The van der Waals surface area contributed by atoms with Crippen LogP contribution in [0.4, 0.5) is 0 Å². The van der Waals surface area contributed by atoms with Crippen molar-refractivity contribution in [2.24, 2.45) is 11.8 Å². The summed E-state index contributed by atoms with van der Waals surface area (Å²) in [4.78, 5) is 0. The normalized spacial score (nSPS) is 24.1. The standard InChI is InChI=1S/C15H22ClNO/c1-11-5-2-3-6-12(11)9-17-10-13-7-4-8-14(16)15(13)18/h4,7-8,11-12,17-18H,2-3,5-6,9-10H2,1H3. The van der Waals surface area contributed by atoms with Crippen LogP contribution >= 0.6 is 11.6 Å². The molecule has 2 unspecified atom stereocenters. The van der Waals surface area contributed by atoms with Gasteiger partial charge < -0.3 is 10.4 Å². The molecule has 0 bridgehead atoms. The summed E-state index contributed by atoms with van der Waals surface area (Å²) in [6.07, 6.45) is 5.43. The molecule has 2 rings (SSSR count). The first kappa shape index (κ1) is 13.7. The number of hydrogen-bond acceptors (Lipinski definition) is 2. The Balaban J connectivity index is 1.83. The minimum atomic E-state index is 0.211. The van der Waals surface area contributed by atoms with Crippen molar-refractivity contribution in [3.05, 3.63) is 28.8 Å². The van der Waals surface area contributed by atoms with Crippen molar-refractivity contribution in [3.8, 4) is 5.75 Å². The number of halogens is 1. The fraction of sp³-hybridized carbons (Fsp3) is 0.600. The predicted octanol–water partition coefficient (Wildman–Crippen LogP) is 3.96. The van der Waals surface area contributed by atoms with E-state index in [0.717, 1.165) is 23.9 Å². The minimum Gasteiger partial charge on any atom is -0.506 e. The molecular formula is C15H22ClNO. The number of phenolic OH excluding ortho intramolecular Hbond substituents is 1. The topological polar surface area (TPSA) is 32.3 Å². The lowest BCUT2D eigenvalue weighted by Crippen LogP contribution is -2.29. The number of nitrogens with one attached hydrogen (secondary N) is 1. The van der Waals surface area contributed by atoms with Gasteiger partial charge in [-0.25, -0.2) is 0 Å². The summed E-state index contributed by atoms with van der Waals surface area (Å²) in [6.45, 7) is 4.07. The van der Waals surface area contributed by atoms with E-state index in [9.17, 15) is 5.11 Å². The molecule has 0 spiro atoms. The summed E-state index contributed by atoms with van der Waals surface area (Å²) < 4.78 is 0. The first-order chi connectivity index (χ1) is 8.68. The smallest absolute Gasteiger partial charge is 0.138 e. The van der Waals surface area contributed by atoms with Crippen LogP contribution in [0.5, 0.6) is 5.75 Å². The third-order valence-electron chi connectivity index (χ3n) is 4.08. The fourth-order valence-corrected chi connectivity index (χ4v) is 2.99. The van der Waals surface area contributed by atoms with Gasteiger partial charge >= 0.3 is 0 Å². The second-order valence-corrected chi connectivity index (χ2v) is 5.81. The van der Waals surface area contributed by atoms with Crippen molar-refractivity contribution in [2.45, 2.75) is 39.2 Å². The molecule has 1 aliphatic carbocycles. The van der Waals surface area contributed by atoms with Gasteiger partial charge in [-0.3, -0.25) is 0 Å². The molecule has 0 heterocycles. The highest BCUT2D eigenvalue weighted by Gasteiger charge is 2.20. The zero-order valence-corrected chi connectivity index (χ0v) is 11.7. The average Bonchev–Trinajstić information content (AvgIpc) is 2.37. The molecule has 0 radical (unpaired) electrons. The molecule has 0 aliphatic heterocycles. The van der Waals surface area contributed by atoms with Crippen molar-refractivity contribution in [3.63, 3.8) is 0 Å². The third kappa shape index (κ3) is 3.39. The highest BCUT2D eigenvalue weighted by molar-refractivity contribution is 6.32. The predicted molar refractivity (Wildman–Crippen MR) is 75.9 cm³/mol. The number of para-hydroxylation sites is 1. The highest BCUT2D eigenvalue weighted by atomic mass is 35.5. The SMILES string of the molecule is CC1CCCCC1CNCc1cccc(Cl)c1O. The molecule has 0 amide bonds. The second-order valence-electron chi connectivity index (χ2n) is 5.40. The van der Waals surface area contributed by atoms with Crippen LogP contribution in [-0.4, -0.2) is 11.7 Å². The molecule has 1 saturated carbocycles. The van der Waals surface area contributed by atoms with Crippen molar-refractivity contribution in [2.75, 3.05) is 6.54 Å². The maximum absolute atomic E-state index is 9.81. The number of phenols is 1. The lowest BCUT2D eigenvalue weighted by molar-refractivity contribution is 0.247. The van der Waals surface area contributed by atoms with Gasteiger partial charge in [0.1, 0.15) is 5.75 Å². The molecule has 0 saturated heterocycles.